The summed E-state index contributed by atoms with van der Waals surface area (Å²) in [5, 5.41) is 4.50. The molecule has 0 spiro atoms. The van der Waals surface area contributed by atoms with Gasteiger partial charge in [-0.2, -0.15) is 5.10 Å². The van der Waals surface area contributed by atoms with Gasteiger partial charge in [-0.25, -0.2) is 0 Å². The van der Waals surface area contributed by atoms with Gasteiger partial charge < -0.3 is 10.6 Å². The van der Waals surface area contributed by atoms with Gasteiger partial charge in [-0.15, -0.1) is 0 Å². The largest absolute Gasteiger partial charge is 0.326 e. The lowest BCUT2D eigenvalue weighted by Crippen LogP contribution is -2.58. The Morgan fingerprint density at radius 2 is 1.86 bits per heavy atom. The fourth-order valence-electron chi connectivity index (χ4n) is 3.79. The molecule has 0 amide bonds. The molecule has 120 valence electrons. The first-order chi connectivity index (χ1) is 9.88. The molecular formula is C16H29BrN4. The van der Waals surface area contributed by atoms with E-state index in [-0.39, 0.29) is 11.6 Å². The molecule has 0 aliphatic heterocycles. The van der Waals surface area contributed by atoms with E-state index >= 15 is 0 Å². The van der Waals surface area contributed by atoms with Crippen LogP contribution in [0.4, 0.5) is 0 Å². The Labute approximate surface area is 137 Å². The predicted octanol–water partition coefficient (Wildman–Crippen LogP) is 3.02. The summed E-state index contributed by atoms with van der Waals surface area (Å²) >= 11 is 3.67. The van der Waals surface area contributed by atoms with Crippen molar-refractivity contribution in [3.63, 3.8) is 0 Å². The zero-order valence-electron chi connectivity index (χ0n) is 13.8. The summed E-state index contributed by atoms with van der Waals surface area (Å²) in [5.41, 5.74) is 9.10. The highest BCUT2D eigenvalue weighted by Gasteiger charge is 2.39. The molecule has 2 N–H and O–H groups in total. The zero-order valence-corrected chi connectivity index (χ0v) is 15.4. The SMILES string of the molecule is Cc1nn(C)c(CC(N)C2(N(C)C)CCCCCC2)c1Br. The third-order valence-corrected chi connectivity index (χ3v) is 6.26. The summed E-state index contributed by atoms with van der Waals surface area (Å²) in [4.78, 5) is 2.38. The van der Waals surface area contributed by atoms with Crippen LogP contribution in [0.3, 0.4) is 0 Å². The molecule has 0 bridgehead atoms. The van der Waals surface area contributed by atoms with Gasteiger partial charge in [0.1, 0.15) is 0 Å². The van der Waals surface area contributed by atoms with Crippen LogP contribution in [0.25, 0.3) is 0 Å². The van der Waals surface area contributed by atoms with E-state index in [0.717, 1.165) is 16.6 Å². The fraction of sp³-hybridized carbons (Fsp3) is 0.812. The van der Waals surface area contributed by atoms with E-state index in [9.17, 15) is 0 Å². The van der Waals surface area contributed by atoms with Gasteiger partial charge in [0, 0.05) is 25.0 Å². The van der Waals surface area contributed by atoms with Gasteiger partial charge >= 0.3 is 0 Å². The average molecular weight is 357 g/mol. The van der Waals surface area contributed by atoms with Crippen molar-refractivity contribution in [2.24, 2.45) is 12.8 Å². The molecule has 21 heavy (non-hydrogen) atoms. The second-order valence-electron chi connectivity index (χ2n) is 6.69. The molecule has 1 aliphatic carbocycles. The summed E-state index contributed by atoms with van der Waals surface area (Å²) < 4.78 is 3.09. The maximum Gasteiger partial charge on any atom is 0.0738 e. The molecule has 1 heterocycles. The van der Waals surface area contributed by atoms with Crippen LogP contribution in [0.1, 0.15) is 49.9 Å². The Bertz CT molecular complexity index is 473. The molecule has 0 aromatic carbocycles. The lowest BCUT2D eigenvalue weighted by atomic mass is 9.80. The summed E-state index contributed by atoms with van der Waals surface area (Å²) in [7, 11) is 6.39. The summed E-state index contributed by atoms with van der Waals surface area (Å²) in [6.07, 6.45) is 8.55. The van der Waals surface area contributed by atoms with Crippen molar-refractivity contribution in [3.05, 3.63) is 15.9 Å². The highest BCUT2D eigenvalue weighted by Crippen LogP contribution is 2.35. The Balaban J connectivity index is 2.24. The minimum atomic E-state index is 0.119. The van der Waals surface area contributed by atoms with Crippen LogP contribution < -0.4 is 5.73 Å². The maximum atomic E-state index is 6.73. The van der Waals surface area contributed by atoms with E-state index in [1.807, 2.05) is 18.7 Å². The minimum absolute atomic E-state index is 0.119. The number of rotatable bonds is 4. The monoisotopic (exact) mass is 356 g/mol. The molecule has 0 saturated heterocycles. The highest BCUT2D eigenvalue weighted by molar-refractivity contribution is 9.10. The van der Waals surface area contributed by atoms with Crippen molar-refractivity contribution in [1.82, 2.24) is 14.7 Å². The smallest absolute Gasteiger partial charge is 0.0738 e. The molecular weight excluding hydrogens is 328 g/mol. The molecule has 1 saturated carbocycles. The van der Waals surface area contributed by atoms with E-state index in [0.29, 0.717) is 0 Å². The van der Waals surface area contributed by atoms with Gasteiger partial charge in [0.05, 0.1) is 15.9 Å². The number of halogens is 1. The standard InChI is InChI=1S/C16H29BrN4/c1-12-15(17)13(21(4)19-12)11-14(18)16(20(2)3)9-7-5-6-8-10-16/h14H,5-11,18H2,1-4H3. The molecule has 0 radical (unpaired) electrons. The van der Waals surface area contributed by atoms with Crippen molar-refractivity contribution >= 4 is 15.9 Å². The topological polar surface area (TPSA) is 47.1 Å². The lowest BCUT2D eigenvalue weighted by molar-refractivity contribution is 0.0960. The average Bonchev–Trinajstić information content (AvgIpc) is 2.66. The van der Waals surface area contributed by atoms with E-state index in [2.05, 4.69) is 40.0 Å². The van der Waals surface area contributed by atoms with Gasteiger partial charge in [-0.1, -0.05) is 25.7 Å². The highest BCUT2D eigenvalue weighted by atomic mass is 79.9. The van der Waals surface area contributed by atoms with Crippen molar-refractivity contribution < 1.29 is 0 Å². The van der Waals surface area contributed by atoms with E-state index in [1.54, 1.807) is 0 Å². The van der Waals surface area contributed by atoms with Crippen molar-refractivity contribution in [2.45, 2.75) is 63.5 Å². The quantitative estimate of drug-likeness (QED) is 0.843. The first kappa shape index (κ1) is 17.0. The van der Waals surface area contributed by atoms with Crippen LogP contribution in [-0.2, 0) is 13.5 Å². The van der Waals surface area contributed by atoms with Gasteiger partial charge in [0.2, 0.25) is 0 Å². The second kappa shape index (κ2) is 6.80. The third-order valence-electron chi connectivity index (χ3n) is 5.23. The number of likely N-dealkylation sites (N-methyl/N-ethyl adjacent to an activating group) is 1. The molecule has 1 atom stereocenters. The number of aromatic nitrogens is 2. The Morgan fingerprint density at radius 1 is 1.29 bits per heavy atom. The molecule has 1 aromatic heterocycles. The van der Waals surface area contributed by atoms with Crippen LogP contribution in [0.15, 0.2) is 4.47 Å². The molecule has 1 fully saturated rings. The second-order valence-corrected chi connectivity index (χ2v) is 7.49. The third kappa shape index (κ3) is 3.35. The lowest BCUT2D eigenvalue weighted by Gasteiger charge is -2.44. The maximum absolute atomic E-state index is 6.73. The number of hydrogen-bond acceptors (Lipinski definition) is 3. The van der Waals surface area contributed by atoms with Crippen LogP contribution in [0.2, 0.25) is 0 Å². The molecule has 1 aromatic rings. The summed E-state index contributed by atoms with van der Waals surface area (Å²) in [6, 6.07) is 0.136. The summed E-state index contributed by atoms with van der Waals surface area (Å²) in [6.45, 7) is 2.03. The molecule has 5 heteroatoms. The van der Waals surface area contributed by atoms with Crippen LogP contribution in [0.5, 0.6) is 0 Å². The van der Waals surface area contributed by atoms with Crippen LogP contribution in [0, 0.1) is 6.92 Å². The van der Waals surface area contributed by atoms with Gasteiger partial charge in [0.15, 0.2) is 0 Å². The number of aryl methyl sites for hydroxylation is 2. The van der Waals surface area contributed by atoms with Gasteiger partial charge in [0.25, 0.3) is 0 Å². The molecule has 1 unspecified atom stereocenters. The Hall–Kier alpha value is -0.390. The minimum Gasteiger partial charge on any atom is -0.326 e. The Kier molecular flexibility index (Phi) is 5.49. The fourth-order valence-corrected chi connectivity index (χ4v) is 4.29. The normalized spacial score (nSPS) is 20.5. The van der Waals surface area contributed by atoms with Crippen LogP contribution in [-0.4, -0.2) is 40.4 Å². The first-order valence-corrected chi connectivity index (χ1v) is 8.79. The van der Waals surface area contributed by atoms with E-state index in [1.165, 1.54) is 44.2 Å². The summed E-state index contributed by atoms with van der Waals surface area (Å²) in [5.74, 6) is 0. The van der Waals surface area contributed by atoms with Crippen LogP contribution >= 0.6 is 15.9 Å². The van der Waals surface area contributed by atoms with Gasteiger partial charge in [-0.05, 0) is 49.8 Å². The van der Waals surface area contributed by atoms with E-state index < -0.39 is 0 Å². The van der Waals surface area contributed by atoms with Crippen molar-refractivity contribution in [1.29, 1.82) is 0 Å². The van der Waals surface area contributed by atoms with Gasteiger partial charge in [-0.3, -0.25) is 4.68 Å². The van der Waals surface area contributed by atoms with E-state index in [4.69, 9.17) is 5.73 Å². The number of hydrogen-bond donors (Lipinski definition) is 1. The van der Waals surface area contributed by atoms with Crippen molar-refractivity contribution in [2.75, 3.05) is 14.1 Å². The number of nitrogens with two attached hydrogens (primary N) is 1. The Morgan fingerprint density at radius 3 is 2.29 bits per heavy atom. The molecule has 2 rings (SSSR count). The zero-order chi connectivity index (χ0) is 15.6. The molecule has 1 aliphatic rings. The predicted molar refractivity (Wildman–Crippen MR) is 91.4 cm³/mol. The molecule has 4 nitrogen and oxygen atoms in total. The van der Waals surface area contributed by atoms with Crippen molar-refractivity contribution in [3.8, 4) is 0 Å². The number of nitrogens with zero attached hydrogens (tertiary/aromatic N) is 3. The first-order valence-electron chi connectivity index (χ1n) is 7.99.